The van der Waals surface area contributed by atoms with E-state index in [1.807, 2.05) is 0 Å². The fourth-order valence-corrected chi connectivity index (χ4v) is 14.1. The summed E-state index contributed by atoms with van der Waals surface area (Å²) in [6.07, 6.45) is 32.5. The van der Waals surface area contributed by atoms with Crippen molar-refractivity contribution in [3.8, 4) is 0 Å². The van der Waals surface area contributed by atoms with Crippen molar-refractivity contribution in [3.05, 3.63) is 71.3 Å². The molecule has 6 aliphatic carbocycles. The number of aromatic amines is 2. The van der Waals surface area contributed by atoms with Gasteiger partial charge in [0.1, 0.15) is 11.6 Å². The first kappa shape index (κ1) is 36.1. The van der Waals surface area contributed by atoms with Crippen molar-refractivity contribution in [2.24, 2.45) is 41.4 Å². The van der Waals surface area contributed by atoms with E-state index in [9.17, 15) is 0 Å². The van der Waals surface area contributed by atoms with E-state index in [4.69, 9.17) is 9.97 Å². The molecule has 56 heavy (non-hydrogen) atoms. The van der Waals surface area contributed by atoms with Crippen molar-refractivity contribution in [2.45, 2.75) is 171 Å². The molecule has 0 radical (unpaired) electrons. The van der Waals surface area contributed by atoms with Crippen molar-refractivity contribution >= 4 is 22.1 Å². The third-order valence-electron chi connectivity index (χ3n) is 17.1. The molecule has 7 fully saturated rings. The lowest BCUT2D eigenvalue weighted by molar-refractivity contribution is 0.177. The Morgan fingerprint density at radius 2 is 1.14 bits per heavy atom. The molecule has 2 aromatic carbocycles. The van der Waals surface area contributed by atoms with E-state index in [1.54, 1.807) is 11.1 Å². The number of rotatable bonds is 6. The van der Waals surface area contributed by atoms with Gasteiger partial charge < -0.3 is 20.6 Å². The zero-order chi connectivity index (χ0) is 37.2. The van der Waals surface area contributed by atoms with Crippen LogP contribution in [0.4, 0.5) is 0 Å². The van der Waals surface area contributed by atoms with Crippen LogP contribution in [-0.4, -0.2) is 32.0 Å². The lowest BCUT2D eigenvalue weighted by Gasteiger charge is -2.40. The fourth-order valence-electron chi connectivity index (χ4n) is 14.1. The third kappa shape index (κ3) is 6.91. The van der Waals surface area contributed by atoms with E-state index in [1.165, 1.54) is 151 Å². The number of aromatic nitrogens is 4. The van der Waals surface area contributed by atoms with Crippen LogP contribution in [0.1, 0.15) is 182 Å². The highest BCUT2D eigenvalue weighted by Gasteiger charge is 2.40. The molecule has 0 spiro atoms. The van der Waals surface area contributed by atoms with Gasteiger partial charge in [0.2, 0.25) is 0 Å². The number of H-pyrrole nitrogens is 2. The first-order valence-corrected chi connectivity index (χ1v) is 23.8. The minimum Gasteiger partial charge on any atom is -0.341 e. The van der Waals surface area contributed by atoms with E-state index in [0.717, 1.165) is 40.6 Å². The predicted octanol–water partition coefficient (Wildman–Crippen LogP) is 12.1. The maximum atomic E-state index is 5.19. The van der Waals surface area contributed by atoms with Gasteiger partial charge in [-0.05, 0) is 179 Å². The number of fused-ring (bicyclic) bond motifs is 8. The van der Waals surface area contributed by atoms with Crippen LogP contribution in [0, 0.1) is 41.4 Å². The van der Waals surface area contributed by atoms with Gasteiger partial charge >= 0.3 is 0 Å². The molecule has 4 bridgehead atoms. The molecule has 6 nitrogen and oxygen atoms in total. The van der Waals surface area contributed by atoms with Crippen molar-refractivity contribution in [2.75, 3.05) is 0 Å². The molecule has 13 atom stereocenters. The van der Waals surface area contributed by atoms with Crippen molar-refractivity contribution in [1.82, 2.24) is 30.6 Å². The average molecular weight is 753 g/mol. The summed E-state index contributed by atoms with van der Waals surface area (Å²) in [5.41, 5.74) is 7.96. The summed E-state index contributed by atoms with van der Waals surface area (Å²) in [6, 6.07) is 16.9. The monoisotopic (exact) mass is 753 g/mol. The molecular formula is C50H68N6. The van der Waals surface area contributed by atoms with Gasteiger partial charge in [0.05, 0.1) is 34.2 Å². The lowest BCUT2D eigenvalue weighted by Crippen LogP contribution is -2.30. The minimum atomic E-state index is 0.383. The maximum Gasteiger partial charge on any atom is 0.124 e. The smallest absolute Gasteiger partial charge is 0.124 e. The van der Waals surface area contributed by atoms with E-state index in [-0.39, 0.29) is 0 Å². The van der Waals surface area contributed by atoms with Gasteiger partial charge in [-0.15, -0.1) is 0 Å². The Labute approximate surface area is 335 Å². The Morgan fingerprint density at radius 3 is 1.79 bits per heavy atom. The zero-order valence-electron chi connectivity index (χ0n) is 34.2. The van der Waals surface area contributed by atoms with Gasteiger partial charge in [-0.2, -0.15) is 0 Å². The molecule has 0 amide bonds. The first-order chi connectivity index (χ1) is 27.6. The Kier molecular flexibility index (Phi) is 9.89. The van der Waals surface area contributed by atoms with Crippen LogP contribution < -0.4 is 10.6 Å². The third-order valence-corrected chi connectivity index (χ3v) is 17.1. The van der Waals surface area contributed by atoms with Gasteiger partial charge in [0.15, 0.2) is 0 Å². The molecule has 6 heteroatoms. The predicted molar refractivity (Wildman–Crippen MR) is 229 cm³/mol. The second kappa shape index (κ2) is 15.3. The SMILES string of the molecule is CCCC1C=C[C@@H]2CC[C@@H]3CC[C@H](CC[C@H]1CC2c1ccc2nc([C@@H]4C[C@@H]5CCCC[C@@H]5N4)[nH]c2c1)C(c1ccc2nc([C@@H]4C[C@@H]5CCCC[C@@H]5N4)[nH]c2c1)C3. The van der Waals surface area contributed by atoms with Gasteiger partial charge in [0, 0.05) is 12.1 Å². The highest BCUT2D eigenvalue weighted by molar-refractivity contribution is 5.77. The van der Waals surface area contributed by atoms with Crippen LogP contribution in [-0.2, 0) is 0 Å². The number of nitrogens with zero attached hydrogens (tertiary/aromatic N) is 2. The Morgan fingerprint density at radius 1 is 0.554 bits per heavy atom. The highest BCUT2D eigenvalue weighted by Crippen LogP contribution is 2.51. The number of imidazole rings is 2. The van der Waals surface area contributed by atoms with Crippen LogP contribution in [0.3, 0.4) is 0 Å². The van der Waals surface area contributed by atoms with Gasteiger partial charge in [0.25, 0.3) is 0 Å². The van der Waals surface area contributed by atoms with Crippen LogP contribution >= 0.6 is 0 Å². The normalized spacial score (nSPS) is 38.7. The topological polar surface area (TPSA) is 81.4 Å². The fraction of sp³-hybridized carbons (Fsp3) is 0.680. The number of hydrogen-bond acceptors (Lipinski definition) is 4. The molecule has 2 aromatic heterocycles. The maximum absolute atomic E-state index is 5.19. The van der Waals surface area contributed by atoms with Gasteiger partial charge in [-0.3, -0.25) is 0 Å². The summed E-state index contributed by atoms with van der Waals surface area (Å²) in [5, 5.41) is 7.95. The van der Waals surface area contributed by atoms with Crippen LogP contribution in [0.5, 0.6) is 0 Å². The molecule has 298 valence electrons. The molecule has 2 saturated heterocycles. The quantitative estimate of drug-likeness (QED) is 0.148. The Hall–Kier alpha value is -2.96. The minimum absolute atomic E-state index is 0.383. The average Bonchev–Trinajstić information content (AvgIpc) is 4.02. The molecule has 4 aromatic rings. The molecule has 2 aliphatic heterocycles. The van der Waals surface area contributed by atoms with E-state index < -0.39 is 0 Å². The Balaban J connectivity index is 0.840. The van der Waals surface area contributed by atoms with E-state index in [0.29, 0.717) is 47.8 Å². The standard InChI is InChI=1S/C50H68N6/c1-2-7-31-16-17-33-15-13-30-12-14-32(39(24-30)35-20-22-43-45(26-35)55-49(53-43)47-28-37-8-3-5-10-41(37)51-47)18-19-34(31)25-40(33)36-21-23-44-46(27-36)56-50(54-44)48-29-38-9-4-6-11-42(38)52-48/h16-17,20-23,26-27,30-34,37-42,47-48,51-52H,2-15,18-19,24-25,28-29H2,1H3,(H,53,55)(H,54,56)/t30-,31?,32+,33-,34-,37-,38-,39?,40?,41-,42-,47-,48-/m0/s1. The molecule has 5 saturated carbocycles. The zero-order valence-corrected chi connectivity index (χ0v) is 34.2. The first-order valence-electron chi connectivity index (χ1n) is 23.8. The largest absolute Gasteiger partial charge is 0.341 e. The van der Waals surface area contributed by atoms with Gasteiger partial charge in [-0.1, -0.05) is 69.7 Å². The molecule has 8 aliphatic rings. The molecular weight excluding hydrogens is 685 g/mol. The Bertz CT molecular complexity index is 2000. The second-order valence-corrected chi connectivity index (χ2v) is 20.3. The van der Waals surface area contributed by atoms with Crippen LogP contribution in [0.2, 0.25) is 0 Å². The lowest BCUT2D eigenvalue weighted by atomic mass is 9.65. The number of allylic oxidation sites excluding steroid dienone is 2. The van der Waals surface area contributed by atoms with Crippen molar-refractivity contribution in [3.63, 3.8) is 0 Å². The number of hydrogen-bond donors (Lipinski definition) is 4. The van der Waals surface area contributed by atoms with Crippen LogP contribution in [0.15, 0.2) is 48.6 Å². The molecule has 12 rings (SSSR count). The molecule has 3 unspecified atom stereocenters. The second-order valence-electron chi connectivity index (χ2n) is 20.3. The van der Waals surface area contributed by atoms with Crippen LogP contribution in [0.25, 0.3) is 22.1 Å². The van der Waals surface area contributed by atoms with Gasteiger partial charge in [-0.25, -0.2) is 9.97 Å². The number of nitrogens with one attached hydrogen (secondary N) is 4. The summed E-state index contributed by atoms with van der Waals surface area (Å²) >= 11 is 0. The summed E-state index contributed by atoms with van der Waals surface area (Å²) in [6.45, 7) is 2.40. The highest BCUT2D eigenvalue weighted by atomic mass is 15.1. The summed E-state index contributed by atoms with van der Waals surface area (Å²) < 4.78 is 0. The molecule has 4 heterocycles. The van der Waals surface area contributed by atoms with Crippen molar-refractivity contribution < 1.29 is 0 Å². The summed E-state index contributed by atoms with van der Waals surface area (Å²) in [5.74, 6) is 8.94. The molecule has 4 N–H and O–H groups in total. The van der Waals surface area contributed by atoms with E-state index >= 15 is 0 Å². The summed E-state index contributed by atoms with van der Waals surface area (Å²) in [4.78, 5) is 18.1. The van der Waals surface area contributed by atoms with Crippen molar-refractivity contribution in [1.29, 1.82) is 0 Å². The number of benzene rings is 2. The van der Waals surface area contributed by atoms with E-state index in [2.05, 4.69) is 76.1 Å². The summed E-state index contributed by atoms with van der Waals surface area (Å²) in [7, 11) is 0.